The van der Waals surface area contributed by atoms with Crippen molar-refractivity contribution in [3.63, 3.8) is 0 Å². The Morgan fingerprint density at radius 2 is 2.33 bits per heavy atom. The molecule has 1 aliphatic carbocycles. The Bertz CT molecular complexity index is 540. The van der Waals surface area contributed by atoms with Gasteiger partial charge in [0, 0.05) is 12.1 Å². The fraction of sp³-hybridized carbons (Fsp3) is 0.364. The van der Waals surface area contributed by atoms with E-state index in [2.05, 4.69) is 10.2 Å². The normalized spacial score (nSPS) is 15.8. The monoisotopic (exact) mass is 201 g/mol. The van der Waals surface area contributed by atoms with Crippen molar-refractivity contribution in [1.29, 1.82) is 0 Å². The van der Waals surface area contributed by atoms with Gasteiger partial charge in [-0.15, -0.1) is 0 Å². The van der Waals surface area contributed by atoms with Crippen LogP contribution in [0.15, 0.2) is 18.3 Å². The smallest absolute Gasteiger partial charge is 0.163 e. The maximum absolute atomic E-state index is 11.6. The summed E-state index contributed by atoms with van der Waals surface area (Å²) in [5, 5.41) is 8.49. The van der Waals surface area contributed by atoms with Crippen LogP contribution in [0.4, 0.5) is 0 Å². The summed E-state index contributed by atoms with van der Waals surface area (Å²) in [6, 6.07) is 3.72. The first-order chi connectivity index (χ1) is 7.27. The number of Topliss-reactive ketones (excluding diaryl/α,β-unsaturated/α-hetero) is 1. The molecule has 0 saturated heterocycles. The molecule has 3 rings (SSSR count). The average Bonchev–Trinajstić information content (AvgIpc) is 2.98. The Kier molecular flexibility index (Phi) is 1.65. The van der Waals surface area contributed by atoms with Crippen LogP contribution in [0, 0.1) is 0 Å². The molecule has 1 saturated carbocycles. The zero-order valence-corrected chi connectivity index (χ0v) is 8.47. The molecular formula is C11H11N3O. The molecule has 1 fully saturated rings. The van der Waals surface area contributed by atoms with Gasteiger partial charge in [0.05, 0.1) is 16.8 Å². The molecule has 15 heavy (non-hydrogen) atoms. The van der Waals surface area contributed by atoms with E-state index in [0.29, 0.717) is 5.92 Å². The van der Waals surface area contributed by atoms with Crippen LogP contribution in [0.25, 0.3) is 5.52 Å². The molecule has 0 atom stereocenters. The lowest BCUT2D eigenvalue weighted by molar-refractivity contribution is 0.101. The van der Waals surface area contributed by atoms with Crippen LogP contribution in [-0.4, -0.2) is 20.6 Å². The van der Waals surface area contributed by atoms with Gasteiger partial charge in [-0.1, -0.05) is 0 Å². The van der Waals surface area contributed by atoms with E-state index in [9.17, 15) is 4.79 Å². The number of rotatable bonds is 2. The molecule has 0 aliphatic heterocycles. The average molecular weight is 201 g/mol. The Labute approximate surface area is 86.9 Å². The second-order valence-electron chi connectivity index (χ2n) is 3.99. The number of hydrogen-bond donors (Lipinski definition) is 0. The number of nitrogens with zero attached hydrogens (tertiary/aromatic N) is 3. The van der Waals surface area contributed by atoms with Crippen LogP contribution in [0.5, 0.6) is 0 Å². The highest BCUT2D eigenvalue weighted by Gasteiger charge is 2.31. The van der Waals surface area contributed by atoms with Gasteiger partial charge in [0.2, 0.25) is 0 Å². The van der Waals surface area contributed by atoms with Crippen molar-refractivity contribution < 1.29 is 4.79 Å². The predicted octanol–water partition coefficient (Wildman–Crippen LogP) is 1.81. The van der Waals surface area contributed by atoms with Crippen molar-refractivity contribution >= 4 is 11.3 Å². The van der Waals surface area contributed by atoms with Crippen LogP contribution in [0.2, 0.25) is 0 Å². The lowest BCUT2D eigenvalue weighted by Crippen LogP contribution is -1.95. The van der Waals surface area contributed by atoms with Crippen molar-refractivity contribution in [3.8, 4) is 0 Å². The van der Waals surface area contributed by atoms with E-state index in [4.69, 9.17) is 0 Å². The Morgan fingerprint density at radius 1 is 1.53 bits per heavy atom. The van der Waals surface area contributed by atoms with Crippen molar-refractivity contribution in [2.45, 2.75) is 25.7 Å². The van der Waals surface area contributed by atoms with E-state index < -0.39 is 0 Å². The minimum absolute atomic E-state index is 0.0832. The first-order valence-electron chi connectivity index (χ1n) is 5.12. The molecule has 2 aromatic heterocycles. The van der Waals surface area contributed by atoms with Crippen LogP contribution in [-0.2, 0) is 0 Å². The number of aromatic nitrogens is 3. The zero-order chi connectivity index (χ0) is 10.4. The van der Waals surface area contributed by atoms with Gasteiger partial charge >= 0.3 is 0 Å². The van der Waals surface area contributed by atoms with Crippen LogP contribution < -0.4 is 0 Å². The number of fused-ring (bicyclic) bond motifs is 1. The van der Waals surface area contributed by atoms with Gasteiger partial charge in [-0.25, -0.2) is 0 Å². The molecule has 76 valence electrons. The molecule has 0 bridgehead atoms. The molecule has 0 amide bonds. The van der Waals surface area contributed by atoms with E-state index in [0.717, 1.165) is 29.6 Å². The van der Waals surface area contributed by atoms with Gasteiger partial charge in [0.15, 0.2) is 5.78 Å². The van der Waals surface area contributed by atoms with E-state index in [1.165, 1.54) is 0 Å². The molecule has 4 nitrogen and oxygen atoms in total. The van der Waals surface area contributed by atoms with E-state index in [1.807, 2.05) is 12.1 Å². The fourth-order valence-electron chi connectivity index (χ4n) is 1.91. The molecule has 0 unspecified atom stereocenters. The van der Waals surface area contributed by atoms with Crippen molar-refractivity contribution in [1.82, 2.24) is 14.8 Å². The summed E-state index contributed by atoms with van der Waals surface area (Å²) in [6.07, 6.45) is 3.97. The van der Waals surface area contributed by atoms with Gasteiger partial charge in [-0.3, -0.25) is 4.79 Å². The summed E-state index contributed by atoms with van der Waals surface area (Å²) < 4.78 is 1.56. The Morgan fingerprint density at radius 3 is 3.00 bits per heavy atom. The first-order valence-corrected chi connectivity index (χ1v) is 5.12. The molecular weight excluding hydrogens is 190 g/mol. The van der Waals surface area contributed by atoms with Gasteiger partial charge < -0.3 is 0 Å². The highest BCUT2D eigenvalue weighted by molar-refractivity contribution is 6.02. The third-order valence-corrected chi connectivity index (χ3v) is 2.76. The van der Waals surface area contributed by atoms with Crippen molar-refractivity contribution in [3.05, 3.63) is 29.6 Å². The summed E-state index contributed by atoms with van der Waals surface area (Å²) in [5.41, 5.74) is 2.51. The first kappa shape index (κ1) is 8.59. The predicted molar refractivity (Wildman–Crippen MR) is 55.0 cm³/mol. The molecule has 0 spiro atoms. The Balaban J connectivity index is 2.33. The SMILES string of the molecule is CC(=O)c1c(C2CC2)nn2ncccc12. The fourth-order valence-corrected chi connectivity index (χ4v) is 1.91. The number of carbonyl (C=O) groups is 1. The lowest BCUT2D eigenvalue weighted by Gasteiger charge is -1.94. The van der Waals surface area contributed by atoms with Crippen molar-refractivity contribution in [2.75, 3.05) is 0 Å². The third kappa shape index (κ3) is 1.25. The maximum Gasteiger partial charge on any atom is 0.163 e. The third-order valence-electron chi connectivity index (χ3n) is 2.76. The van der Waals surface area contributed by atoms with Crippen LogP contribution >= 0.6 is 0 Å². The lowest BCUT2D eigenvalue weighted by atomic mass is 10.1. The molecule has 0 radical (unpaired) electrons. The van der Waals surface area contributed by atoms with Crippen LogP contribution in [0.3, 0.4) is 0 Å². The van der Waals surface area contributed by atoms with E-state index >= 15 is 0 Å². The number of hydrogen-bond acceptors (Lipinski definition) is 3. The standard InChI is InChI=1S/C11H11N3O/c1-7(15)10-9-3-2-6-12-14(9)13-11(10)8-4-5-8/h2-3,6,8H,4-5H2,1H3. The highest BCUT2D eigenvalue weighted by atomic mass is 16.1. The highest BCUT2D eigenvalue weighted by Crippen LogP contribution is 2.41. The topological polar surface area (TPSA) is 47.3 Å². The quantitative estimate of drug-likeness (QED) is 0.696. The largest absolute Gasteiger partial charge is 0.294 e. The molecule has 2 aromatic rings. The van der Waals surface area contributed by atoms with Gasteiger partial charge in [-0.2, -0.15) is 14.8 Å². The van der Waals surface area contributed by atoms with E-state index in [1.54, 1.807) is 17.8 Å². The minimum Gasteiger partial charge on any atom is -0.294 e. The molecule has 2 heterocycles. The second kappa shape index (κ2) is 2.89. The summed E-state index contributed by atoms with van der Waals surface area (Å²) >= 11 is 0. The van der Waals surface area contributed by atoms with Gasteiger partial charge in [0.25, 0.3) is 0 Å². The minimum atomic E-state index is 0.0832. The maximum atomic E-state index is 11.6. The molecule has 4 heteroatoms. The number of ketones is 1. The van der Waals surface area contributed by atoms with Crippen LogP contribution in [0.1, 0.15) is 41.7 Å². The van der Waals surface area contributed by atoms with E-state index in [-0.39, 0.29) is 5.78 Å². The summed E-state index contributed by atoms with van der Waals surface area (Å²) in [5.74, 6) is 0.561. The zero-order valence-electron chi connectivity index (χ0n) is 8.47. The summed E-state index contributed by atoms with van der Waals surface area (Å²) in [6.45, 7) is 1.59. The summed E-state index contributed by atoms with van der Waals surface area (Å²) in [4.78, 5) is 11.6. The number of carbonyl (C=O) groups excluding carboxylic acids is 1. The van der Waals surface area contributed by atoms with Gasteiger partial charge in [0.1, 0.15) is 0 Å². The van der Waals surface area contributed by atoms with Crippen molar-refractivity contribution in [2.24, 2.45) is 0 Å². The Hall–Kier alpha value is -1.71. The second-order valence-corrected chi connectivity index (χ2v) is 3.99. The summed E-state index contributed by atoms with van der Waals surface area (Å²) in [7, 11) is 0. The molecule has 1 aliphatic rings. The molecule has 0 aromatic carbocycles. The molecule has 0 N–H and O–H groups in total. The van der Waals surface area contributed by atoms with Gasteiger partial charge in [-0.05, 0) is 31.9 Å².